The lowest BCUT2D eigenvalue weighted by atomic mass is 9.59. The van der Waals surface area contributed by atoms with E-state index in [0.29, 0.717) is 24.9 Å². The van der Waals surface area contributed by atoms with Gasteiger partial charge in [-0.15, -0.1) is 13.2 Å². The van der Waals surface area contributed by atoms with E-state index >= 15 is 0 Å². The Balaban J connectivity index is 1.85. The van der Waals surface area contributed by atoms with Crippen LogP contribution in [-0.2, 0) is 10.2 Å². The Morgan fingerprint density at radius 2 is 1.69 bits per heavy atom. The molecule has 0 bridgehead atoms. The fourth-order valence-corrected chi connectivity index (χ4v) is 5.53. The molecule has 2 atom stereocenters. The standard InChI is InChI=1S/C25H22N2O2/c1-3-14-25-22(28)18-10-5-7-12-20(18)27(25)17-9-15-24(25)19-11-6-8-13-21(19)26(16-4-2)23(24)29/h3-13,17H,1-2,14-16H2/t24-,25+/m0/s1. The van der Waals surface area contributed by atoms with E-state index in [9.17, 15) is 9.59 Å². The van der Waals surface area contributed by atoms with E-state index in [1.165, 1.54) is 0 Å². The number of para-hydroxylation sites is 2. The van der Waals surface area contributed by atoms with Gasteiger partial charge in [0.25, 0.3) is 0 Å². The largest absolute Gasteiger partial charge is 0.332 e. The average Bonchev–Trinajstić information content (AvgIpc) is 3.14. The quantitative estimate of drug-likeness (QED) is 0.737. The second-order valence-electron chi connectivity index (χ2n) is 7.79. The molecule has 3 aliphatic heterocycles. The first-order valence-corrected chi connectivity index (χ1v) is 9.86. The van der Waals surface area contributed by atoms with Gasteiger partial charge >= 0.3 is 0 Å². The summed E-state index contributed by atoms with van der Waals surface area (Å²) in [6.45, 7) is 8.19. The Kier molecular flexibility index (Phi) is 3.69. The monoisotopic (exact) mass is 382 g/mol. The van der Waals surface area contributed by atoms with E-state index in [1.807, 2.05) is 65.7 Å². The van der Waals surface area contributed by atoms with Gasteiger partial charge in [-0.3, -0.25) is 9.59 Å². The van der Waals surface area contributed by atoms with E-state index < -0.39 is 11.0 Å². The van der Waals surface area contributed by atoms with Crippen molar-refractivity contribution in [2.75, 3.05) is 16.3 Å². The molecule has 2 aromatic rings. The Hall–Kier alpha value is -3.40. The third-order valence-corrected chi connectivity index (χ3v) is 6.60. The van der Waals surface area contributed by atoms with Gasteiger partial charge < -0.3 is 9.80 Å². The normalized spacial score (nSPS) is 26.5. The molecular weight excluding hydrogens is 360 g/mol. The van der Waals surface area contributed by atoms with Crippen molar-refractivity contribution < 1.29 is 9.59 Å². The number of ketones is 1. The summed E-state index contributed by atoms with van der Waals surface area (Å²) in [5.74, 6) is -0.0584. The van der Waals surface area contributed by atoms with Gasteiger partial charge in [-0.2, -0.15) is 0 Å². The summed E-state index contributed by atoms with van der Waals surface area (Å²) in [4.78, 5) is 31.9. The first-order valence-electron chi connectivity index (χ1n) is 9.86. The minimum atomic E-state index is -1.06. The lowest BCUT2D eigenvalue weighted by Crippen LogP contribution is -2.67. The number of Topliss-reactive ketones (excluding diaryl/α,β-unsaturated/α-hetero) is 1. The van der Waals surface area contributed by atoms with Crippen molar-refractivity contribution in [3.63, 3.8) is 0 Å². The molecule has 0 fully saturated rings. The van der Waals surface area contributed by atoms with Crippen molar-refractivity contribution in [2.45, 2.75) is 23.8 Å². The zero-order valence-corrected chi connectivity index (χ0v) is 16.2. The Morgan fingerprint density at radius 1 is 0.966 bits per heavy atom. The van der Waals surface area contributed by atoms with Gasteiger partial charge in [0, 0.05) is 24.0 Å². The molecule has 4 nitrogen and oxygen atoms in total. The lowest BCUT2D eigenvalue weighted by Gasteiger charge is -2.50. The molecule has 0 aliphatic carbocycles. The highest BCUT2D eigenvalue weighted by atomic mass is 16.2. The number of hydrogen-bond acceptors (Lipinski definition) is 3. The molecule has 0 unspecified atom stereocenters. The van der Waals surface area contributed by atoms with Crippen LogP contribution in [-0.4, -0.2) is 23.8 Å². The molecule has 1 amide bonds. The molecular formula is C25H22N2O2. The Labute approximate surface area is 170 Å². The summed E-state index contributed by atoms with van der Waals surface area (Å²) >= 11 is 0. The minimum absolute atomic E-state index is 0.0130. The van der Waals surface area contributed by atoms with E-state index in [-0.39, 0.29) is 11.7 Å². The van der Waals surface area contributed by atoms with Crippen molar-refractivity contribution in [3.8, 4) is 0 Å². The number of rotatable bonds is 4. The molecule has 29 heavy (non-hydrogen) atoms. The van der Waals surface area contributed by atoms with Crippen LogP contribution in [0, 0.1) is 0 Å². The summed E-state index contributed by atoms with van der Waals surface area (Å²) in [5.41, 5.74) is 1.21. The molecule has 4 heteroatoms. The third-order valence-electron chi connectivity index (χ3n) is 6.60. The van der Waals surface area contributed by atoms with Crippen molar-refractivity contribution >= 4 is 23.1 Å². The summed E-state index contributed by atoms with van der Waals surface area (Å²) in [5, 5.41) is 0. The minimum Gasteiger partial charge on any atom is -0.332 e. The molecule has 0 radical (unpaired) electrons. The van der Waals surface area contributed by atoms with E-state index in [0.717, 1.165) is 16.9 Å². The molecule has 2 aromatic carbocycles. The zero-order chi connectivity index (χ0) is 20.2. The second kappa shape index (κ2) is 6.05. The van der Waals surface area contributed by atoms with Crippen molar-refractivity contribution in [3.05, 3.63) is 97.2 Å². The SMILES string of the molecule is C=CCN1C(=O)[C@]2(CC=CN3c4ccccc4C(=O)[C@@]32CC=C)c2ccccc21. The molecule has 3 aliphatic rings. The predicted octanol–water partition coefficient (Wildman–Crippen LogP) is 4.39. The van der Waals surface area contributed by atoms with Gasteiger partial charge in [0.2, 0.25) is 5.91 Å². The molecule has 1 spiro atoms. The van der Waals surface area contributed by atoms with Gasteiger partial charge in [-0.05, 0) is 36.6 Å². The Bertz CT molecular complexity index is 1100. The van der Waals surface area contributed by atoms with Gasteiger partial charge in [0.05, 0.1) is 5.69 Å². The van der Waals surface area contributed by atoms with E-state index in [4.69, 9.17) is 0 Å². The maximum atomic E-state index is 14.1. The molecule has 0 saturated heterocycles. The van der Waals surface area contributed by atoms with E-state index in [1.54, 1.807) is 17.1 Å². The van der Waals surface area contributed by atoms with Crippen LogP contribution in [0.4, 0.5) is 11.4 Å². The highest BCUT2D eigenvalue weighted by Gasteiger charge is 2.70. The number of amides is 1. The van der Waals surface area contributed by atoms with Gasteiger partial charge in [-0.1, -0.05) is 48.6 Å². The number of anilines is 2. The van der Waals surface area contributed by atoms with Gasteiger partial charge in [0.1, 0.15) is 11.0 Å². The second-order valence-corrected chi connectivity index (χ2v) is 7.79. The number of carbonyl (C=O) groups excluding carboxylic acids is 2. The van der Waals surface area contributed by atoms with Crippen LogP contribution in [0.15, 0.2) is 86.1 Å². The molecule has 3 heterocycles. The van der Waals surface area contributed by atoms with Crippen molar-refractivity contribution in [1.82, 2.24) is 0 Å². The fraction of sp³-hybridized carbons (Fsp3) is 0.200. The topological polar surface area (TPSA) is 40.6 Å². The van der Waals surface area contributed by atoms with Crippen LogP contribution in [0.1, 0.15) is 28.8 Å². The smallest absolute Gasteiger partial charge is 0.241 e. The maximum Gasteiger partial charge on any atom is 0.241 e. The maximum absolute atomic E-state index is 14.1. The molecule has 0 saturated carbocycles. The number of carbonyl (C=O) groups is 2. The van der Waals surface area contributed by atoms with Crippen LogP contribution in [0.5, 0.6) is 0 Å². The first kappa shape index (κ1) is 17.7. The third kappa shape index (κ3) is 1.89. The number of allylic oxidation sites excluding steroid dienone is 1. The highest BCUT2D eigenvalue weighted by molar-refractivity contribution is 6.22. The first-order chi connectivity index (χ1) is 14.1. The average molecular weight is 382 g/mol. The van der Waals surface area contributed by atoms with Crippen LogP contribution in [0.2, 0.25) is 0 Å². The van der Waals surface area contributed by atoms with Crippen LogP contribution >= 0.6 is 0 Å². The van der Waals surface area contributed by atoms with Crippen LogP contribution in [0.3, 0.4) is 0 Å². The van der Waals surface area contributed by atoms with Gasteiger partial charge in [0.15, 0.2) is 5.78 Å². The number of benzene rings is 2. The summed E-state index contributed by atoms with van der Waals surface area (Å²) in [7, 11) is 0. The van der Waals surface area contributed by atoms with Crippen LogP contribution < -0.4 is 9.80 Å². The van der Waals surface area contributed by atoms with E-state index in [2.05, 4.69) is 13.2 Å². The number of fused-ring (bicyclic) bond motifs is 6. The molecule has 5 rings (SSSR count). The van der Waals surface area contributed by atoms with Gasteiger partial charge in [-0.25, -0.2) is 0 Å². The fourth-order valence-electron chi connectivity index (χ4n) is 5.53. The summed E-state index contributed by atoms with van der Waals surface area (Å²) in [6.07, 6.45) is 8.33. The van der Waals surface area contributed by atoms with Crippen LogP contribution in [0.25, 0.3) is 0 Å². The predicted molar refractivity (Wildman–Crippen MR) is 115 cm³/mol. The Morgan fingerprint density at radius 3 is 2.45 bits per heavy atom. The number of hydrogen-bond donors (Lipinski definition) is 0. The van der Waals surface area contributed by atoms with Crippen molar-refractivity contribution in [1.29, 1.82) is 0 Å². The molecule has 0 aromatic heterocycles. The highest BCUT2D eigenvalue weighted by Crippen LogP contribution is 2.60. The molecule has 144 valence electrons. The summed E-state index contributed by atoms with van der Waals surface area (Å²) < 4.78 is 0. The lowest BCUT2D eigenvalue weighted by molar-refractivity contribution is -0.125. The zero-order valence-electron chi connectivity index (χ0n) is 16.2. The van der Waals surface area contributed by atoms with Crippen molar-refractivity contribution in [2.24, 2.45) is 0 Å². The molecule has 0 N–H and O–H groups in total. The number of nitrogens with zero attached hydrogens (tertiary/aromatic N) is 2. The summed E-state index contributed by atoms with van der Waals surface area (Å²) in [6, 6.07) is 15.5.